The van der Waals surface area contributed by atoms with Gasteiger partial charge >= 0.3 is 0 Å². The van der Waals surface area contributed by atoms with Crippen molar-refractivity contribution in [2.75, 3.05) is 12.3 Å². The maximum absolute atomic E-state index is 11.9. The van der Waals surface area contributed by atoms with Crippen LogP contribution in [-0.4, -0.2) is 12.5 Å². The van der Waals surface area contributed by atoms with E-state index in [0.29, 0.717) is 11.8 Å². The molecule has 0 radical (unpaired) electrons. The van der Waals surface area contributed by atoms with Gasteiger partial charge in [-0.15, -0.1) is 12.4 Å². The number of anilines is 1. The average Bonchev–Trinajstić information content (AvgIpc) is 2.35. The molecule has 1 aliphatic rings. The Hall–Kier alpha value is -1.22. The number of rotatable bonds is 6. The highest BCUT2D eigenvalue weighted by Crippen LogP contribution is 2.44. The number of amides is 1. The maximum Gasteiger partial charge on any atom is 0.224 e. The number of benzene rings is 1. The zero-order valence-corrected chi connectivity index (χ0v) is 13.0. The Balaban J connectivity index is 0.00000200. The maximum atomic E-state index is 11.9. The molecule has 0 unspecified atom stereocenters. The summed E-state index contributed by atoms with van der Waals surface area (Å²) in [6.45, 7) is 3.06. The molecule has 1 aromatic carbocycles. The van der Waals surface area contributed by atoms with Crippen LogP contribution in [0.2, 0.25) is 0 Å². The predicted molar refractivity (Wildman–Crippen MR) is 86.0 cm³/mol. The van der Waals surface area contributed by atoms with Gasteiger partial charge in [-0.05, 0) is 42.4 Å². The van der Waals surface area contributed by atoms with Crippen LogP contribution in [0, 0.1) is 5.41 Å². The van der Waals surface area contributed by atoms with Crippen molar-refractivity contribution in [2.45, 2.75) is 45.4 Å². The van der Waals surface area contributed by atoms with Crippen LogP contribution >= 0.6 is 12.4 Å². The van der Waals surface area contributed by atoms with E-state index in [0.717, 1.165) is 17.8 Å². The highest BCUT2D eigenvalue weighted by Gasteiger charge is 2.35. The molecule has 112 valence electrons. The van der Waals surface area contributed by atoms with Crippen molar-refractivity contribution in [3.63, 3.8) is 0 Å². The average molecular weight is 297 g/mol. The predicted octanol–water partition coefficient (Wildman–Crippen LogP) is 3.32. The van der Waals surface area contributed by atoms with Crippen LogP contribution in [-0.2, 0) is 11.2 Å². The summed E-state index contributed by atoms with van der Waals surface area (Å²) in [6.07, 6.45) is 6.73. The topological polar surface area (TPSA) is 55.1 Å². The largest absolute Gasteiger partial charge is 0.399 e. The van der Waals surface area contributed by atoms with Gasteiger partial charge in [0.1, 0.15) is 0 Å². The molecule has 3 nitrogen and oxygen atoms in total. The molecule has 4 heteroatoms. The molecular weight excluding hydrogens is 272 g/mol. The molecule has 0 saturated heterocycles. The summed E-state index contributed by atoms with van der Waals surface area (Å²) in [4.78, 5) is 11.9. The number of hydrogen-bond acceptors (Lipinski definition) is 2. The minimum absolute atomic E-state index is 0. The number of nitrogens with two attached hydrogens (primary N) is 1. The van der Waals surface area contributed by atoms with E-state index in [9.17, 15) is 4.79 Å². The lowest BCUT2D eigenvalue weighted by Crippen LogP contribution is -2.42. The van der Waals surface area contributed by atoms with Gasteiger partial charge in [0, 0.05) is 12.2 Å². The van der Waals surface area contributed by atoms with E-state index in [-0.39, 0.29) is 18.3 Å². The molecule has 2 rings (SSSR count). The Morgan fingerprint density at radius 3 is 2.45 bits per heavy atom. The molecule has 0 bridgehead atoms. The van der Waals surface area contributed by atoms with Crippen LogP contribution in [0.3, 0.4) is 0 Å². The Kier molecular flexibility index (Phi) is 6.34. The first-order valence-corrected chi connectivity index (χ1v) is 7.25. The number of nitrogen functional groups attached to an aromatic ring is 1. The van der Waals surface area contributed by atoms with Gasteiger partial charge in [0.25, 0.3) is 0 Å². The Morgan fingerprint density at radius 1 is 1.30 bits per heavy atom. The van der Waals surface area contributed by atoms with Crippen LogP contribution in [0.1, 0.15) is 44.6 Å². The molecule has 0 aromatic heterocycles. The third kappa shape index (κ3) is 4.41. The van der Waals surface area contributed by atoms with Crippen LogP contribution < -0.4 is 11.1 Å². The zero-order chi connectivity index (χ0) is 13.7. The second kappa shape index (κ2) is 7.53. The third-order valence-electron chi connectivity index (χ3n) is 4.20. The molecule has 1 amide bonds. The van der Waals surface area contributed by atoms with E-state index in [4.69, 9.17) is 5.73 Å². The summed E-state index contributed by atoms with van der Waals surface area (Å²) in [6, 6.07) is 7.51. The van der Waals surface area contributed by atoms with E-state index < -0.39 is 0 Å². The minimum atomic E-state index is 0. The first-order valence-electron chi connectivity index (χ1n) is 7.25. The number of halogens is 1. The van der Waals surface area contributed by atoms with Crippen molar-refractivity contribution in [1.82, 2.24) is 5.32 Å². The molecule has 0 atom stereocenters. The fourth-order valence-electron chi connectivity index (χ4n) is 2.89. The molecule has 1 aliphatic carbocycles. The van der Waals surface area contributed by atoms with Crippen molar-refractivity contribution in [3.05, 3.63) is 29.8 Å². The first kappa shape index (κ1) is 16.8. The van der Waals surface area contributed by atoms with Crippen LogP contribution in [0.4, 0.5) is 5.69 Å². The summed E-state index contributed by atoms with van der Waals surface area (Å²) in [5.41, 5.74) is 7.78. The molecule has 1 fully saturated rings. The van der Waals surface area contributed by atoms with E-state index >= 15 is 0 Å². The highest BCUT2D eigenvalue weighted by molar-refractivity contribution is 5.85. The second-order valence-electron chi connectivity index (χ2n) is 5.80. The van der Waals surface area contributed by atoms with Crippen LogP contribution in [0.25, 0.3) is 0 Å². The van der Waals surface area contributed by atoms with Crippen molar-refractivity contribution in [2.24, 2.45) is 5.41 Å². The lowest BCUT2D eigenvalue weighted by atomic mass is 9.66. The Bertz CT molecular complexity index is 427. The molecular formula is C16H25ClN2O. The van der Waals surface area contributed by atoms with E-state index in [1.807, 2.05) is 24.3 Å². The second-order valence-corrected chi connectivity index (χ2v) is 5.80. The summed E-state index contributed by atoms with van der Waals surface area (Å²) < 4.78 is 0. The quantitative estimate of drug-likeness (QED) is 0.791. The summed E-state index contributed by atoms with van der Waals surface area (Å²) in [5.74, 6) is 0.118. The normalized spacial score (nSPS) is 15.8. The Morgan fingerprint density at radius 2 is 1.95 bits per heavy atom. The molecule has 0 heterocycles. The van der Waals surface area contributed by atoms with Crippen LogP contribution in [0.15, 0.2) is 24.3 Å². The summed E-state index contributed by atoms with van der Waals surface area (Å²) in [5, 5.41) is 3.10. The third-order valence-corrected chi connectivity index (χ3v) is 4.20. The van der Waals surface area contributed by atoms with Gasteiger partial charge < -0.3 is 11.1 Å². The molecule has 0 aliphatic heterocycles. The van der Waals surface area contributed by atoms with Gasteiger partial charge in [0.15, 0.2) is 0 Å². The standard InChI is InChI=1S/C16H24N2O.ClH/c1-2-8-16(9-3-10-16)12-18-15(19)11-13-4-6-14(17)7-5-13;/h4-7H,2-3,8-12,17H2,1H3,(H,18,19);1H. The number of nitrogens with one attached hydrogen (secondary N) is 1. The van der Waals surface area contributed by atoms with E-state index in [2.05, 4.69) is 12.2 Å². The first-order chi connectivity index (χ1) is 9.13. The zero-order valence-electron chi connectivity index (χ0n) is 12.2. The van der Waals surface area contributed by atoms with Gasteiger partial charge in [-0.3, -0.25) is 4.79 Å². The molecule has 1 aromatic rings. The summed E-state index contributed by atoms with van der Waals surface area (Å²) in [7, 11) is 0. The van der Waals surface area contributed by atoms with E-state index in [1.54, 1.807) is 0 Å². The monoisotopic (exact) mass is 296 g/mol. The highest BCUT2D eigenvalue weighted by atomic mass is 35.5. The van der Waals surface area contributed by atoms with Gasteiger partial charge in [0.05, 0.1) is 6.42 Å². The SMILES string of the molecule is CCCC1(CNC(=O)Cc2ccc(N)cc2)CCC1.Cl. The van der Waals surface area contributed by atoms with Gasteiger partial charge in [0.2, 0.25) is 5.91 Å². The van der Waals surface area contributed by atoms with Gasteiger partial charge in [-0.2, -0.15) is 0 Å². The van der Waals surface area contributed by atoms with E-state index in [1.165, 1.54) is 32.1 Å². The molecule has 1 saturated carbocycles. The Labute approximate surface area is 127 Å². The fraction of sp³-hybridized carbons (Fsp3) is 0.562. The number of hydrogen-bond donors (Lipinski definition) is 2. The van der Waals surface area contributed by atoms with Gasteiger partial charge in [-0.25, -0.2) is 0 Å². The lowest BCUT2D eigenvalue weighted by molar-refractivity contribution is -0.121. The number of carbonyl (C=O) groups is 1. The van der Waals surface area contributed by atoms with Crippen molar-refractivity contribution in [3.8, 4) is 0 Å². The fourth-order valence-corrected chi connectivity index (χ4v) is 2.89. The number of carbonyl (C=O) groups excluding carboxylic acids is 1. The smallest absolute Gasteiger partial charge is 0.224 e. The van der Waals surface area contributed by atoms with Crippen LogP contribution in [0.5, 0.6) is 0 Å². The molecule has 3 N–H and O–H groups in total. The summed E-state index contributed by atoms with van der Waals surface area (Å²) >= 11 is 0. The minimum Gasteiger partial charge on any atom is -0.399 e. The van der Waals surface area contributed by atoms with Crippen molar-refractivity contribution < 1.29 is 4.79 Å². The lowest BCUT2D eigenvalue weighted by Gasteiger charge is -2.42. The van der Waals surface area contributed by atoms with Gasteiger partial charge in [-0.1, -0.05) is 31.9 Å². The molecule has 0 spiro atoms. The van der Waals surface area contributed by atoms with Crippen molar-refractivity contribution in [1.29, 1.82) is 0 Å². The van der Waals surface area contributed by atoms with Crippen molar-refractivity contribution >= 4 is 24.0 Å². The molecule has 20 heavy (non-hydrogen) atoms.